The van der Waals surface area contributed by atoms with Gasteiger partial charge in [0.05, 0.1) is 29.0 Å². The molecule has 0 fully saturated rings. The summed E-state index contributed by atoms with van der Waals surface area (Å²) >= 11 is 11.7. The number of fused-ring (bicyclic) bond motifs is 1. The van der Waals surface area contributed by atoms with E-state index in [1.807, 2.05) is 0 Å². The summed E-state index contributed by atoms with van der Waals surface area (Å²) in [4.78, 5) is 36.3. The van der Waals surface area contributed by atoms with Crippen LogP contribution >= 0.6 is 23.2 Å². The number of phenols is 1. The summed E-state index contributed by atoms with van der Waals surface area (Å²) in [6.45, 7) is 1.61. The van der Waals surface area contributed by atoms with Crippen LogP contribution in [0.25, 0.3) is 11.0 Å². The highest BCUT2D eigenvalue weighted by Crippen LogP contribution is 2.30. The van der Waals surface area contributed by atoms with Crippen LogP contribution in [-0.2, 0) is 22.4 Å². The zero-order valence-electron chi connectivity index (χ0n) is 15.7. The van der Waals surface area contributed by atoms with Gasteiger partial charge in [-0.3, -0.25) is 4.79 Å². The molecule has 0 saturated carbocycles. The average Bonchev–Trinajstić information content (AvgIpc) is 2.68. The van der Waals surface area contributed by atoms with Crippen LogP contribution in [0.4, 0.5) is 0 Å². The van der Waals surface area contributed by atoms with Crippen LogP contribution in [0.15, 0.2) is 45.6 Å². The van der Waals surface area contributed by atoms with Gasteiger partial charge in [-0.25, -0.2) is 4.79 Å². The Morgan fingerprint density at radius 1 is 1.20 bits per heavy atom. The molecule has 0 aliphatic rings. The van der Waals surface area contributed by atoms with E-state index in [4.69, 9.17) is 27.6 Å². The molecule has 3 aromatic rings. The molecule has 9 heteroatoms. The Hall–Kier alpha value is -3.03. The molecule has 0 aliphatic carbocycles. The lowest BCUT2D eigenvalue weighted by molar-refractivity contribution is -0.308. The Labute approximate surface area is 180 Å². The van der Waals surface area contributed by atoms with Crippen molar-refractivity contribution in [2.24, 2.45) is 0 Å². The predicted molar refractivity (Wildman–Crippen MR) is 110 cm³/mol. The molecule has 0 bridgehead atoms. The van der Waals surface area contributed by atoms with Crippen molar-refractivity contribution in [2.75, 3.05) is 0 Å². The van der Waals surface area contributed by atoms with E-state index in [1.54, 1.807) is 31.2 Å². The zero-order chi connectivity index (χ0) is 22.0. The van der Waals surface area contributed by atoms with Crippen LogP contribution < -0.4 is 16.0 Å². The lowest BCUT2D eigenvalue weighted by Crippen LogP contribution is -2.49. The van der Waals surface area contributed by atoms with Crippen molar-refractivity contribution in [3.05, 3.63) is 73.6 Å². The number of aliphatic carboxylic acids is 1. The molecule has 0 aliphatic heterocycles. The van der Waals surface area contributed by atoms with Crippen molar-refractivity contribution < 1.29 is 24.2 Å². The fourth-order valence-corrected chi connectivity index (χ4v) is 3.35. The first kappa shape index (κ1) is 21.7. The van der Waals surface area contributed by atoms with Crippen LogP contribution in [0, 0.1) is 6.92 Å². The lowest BCUT2D eigenvalue weighted by atomic mass is 10.0. The molecule has 1 aromatic heterocycles. The van der Waals surface area contributed by atoms with Crippen LogP contribution in [-0.4, -0.2) is 23.0 Å². The first-order chi connectivity index (χ1) is 14.2. The second-order valence-corrected chi connectivity index (χ2v) is 7.58. The van der Waals surface area contributed by atoms with E-state index in [1.165, 1.54) is 12.1 Å². The van der Waals surface area contributed by atoms with Gasteiger partial charge in [0.1, 0.15) is 11.3 Å². The number of nitrogens with one attached hydrogen (secondary N) is 1. The molecule has 0 unspecified atom stereocenters. The van der Waals surface area contributed by atoms with Gasteiger partial charge in [0, 0.05) is 16.5 Å². The van der Waals surface area contributed by atoms with Crippen molar-refractivity contribution in [3.63, 3.8) is 0 Å². The summed E-state index contributed by atoms with van der Waals surface area (Å²) in [5.74, 6) is -2.38. The number of hydrogen-bond donors (Lipinski definition) is 2. The maximum Gasteiger partial charge on any atom is 0.340 e. The van der Waals surface area contributed by atoms with Crippen molar-refractivity contribution in [3.8, 4) is 5.75 Å². The zero-order valence-corrected chi connectivity index (χ0v) is 17.2. The van der Waals surface area contributed by atoms with Crippen molar-refractivity contribution in [1.82, 2.24) is 5.32 Å². The number of carboxylic acids is 1. The first-order valence-corrected chi connectivity index (χ1v) is 9.60. The standard InChI is InChI=1S/C21H17Cl2NO6/c1-10-13-7-15(23)17(25)9-18(13)30-21(29)14(10)8-19(26)24-16(20(27)28)6-11-2-4-12(22)5-3-11/h2-5,7,9,16,25H,6,8H2,1H3,(H,24,26)(H,27,28)/p-1/t16-/m0/s1. The van der Waals surface area contributed by atoms with Gasteiger partial charge in [0.15, 0.2) is 0 Å². The largest absolute Gasteiger partial charge is 0.548 e. The van der Waals surface area contributed by atoms with Crippen LogP contribution in [0.2, 0.25) is 10.0 Å². The third kappa shape index (κ3) is 4.75. The lowest BCUT2D eigenvalue weighted by Gasteiger charge is -2.20. The Morgan fingerprint density at radius 2 is 1.87 bits per heavy atom. The molecule has 3 rings (SSSR count). The molecular formula is C21H16Cl2NO6-. The number of benzene rings is 2. The SMILES string of the molecule is Cc1c(CC(=O)N[C@@H](Cc2ccc(Cl)cc2)C(=O)[O-])c(=O)oc2cc(O)c(Cl)cc12. The highest BCUT2D eigenvalue weighted by atomic mass is 35.5. The number of hydrogen-bond acceptors (Lipinski definition) is 6. The summed E-state index contributed by atoms with van der Waals surface area (Å²) in [6, 6.07) is 7.86. The fourth-order valence-electron chi connectivity index (χ4n) is 3.06. The molecule has 1 atom stereocenters. The van der Waals surface area contributed by atoms with Crippen molar-refractivity contribution in [1.29, 1.82) is 0 Å². The number of aromatic hydroxyl groups is 1. The van der Waals surface area contributed by atoms with E-state index in [2.05, 4.69) is 5.32 Å². The fraction of sp³-hybridized carbons (Fsp3) is 0.190. The highest BCUT2D eigenvalue weighted by molar-refractivity contribution is 6.32. The summed E-state index contributed by atoms with van der Waals surface area (Å²) in [5.41, 5.74) is 0.509. The molecule has 0 saturated heterocycles. The van der Waals surface area contributed by atoms with E-state index in [-0.39, 0.29) is 28.3 Å². The molecule has 1 heterocycles. The molecular weight excluding hydrogens is 433 g/mol. The summed E-state index contributed by atoms with van der Waals surface area (Å²) in [6.07, 6.45) is -0.404. The van der Waals surface area contributed by atoms with Gasteiger partial charge in [-0.1, -0.05) is 35.3 Å². The minimum Gasteiger partial charge on any atom is -0.548 e. The third-order valence-corrected chi connectivity index (χ3v) is 5.22. The van der Waals surface area contributed by atoms with E-state index in [0.717, 1.165) is 0 Å². The molecule has 7 nitrogen and oxygen atoms in total. The number of aryl methyl sites for hydroxylation is 1. The molecule has 1 amide bonds. The molecule has 30 heavy (non-hydrogen) atoms. The quantitative estimate of drug-likeness (QED) is 0.557. The van der Waals surface area contributed by atoms with E-state index in [0.29, 0.717) is 21.5 Å². The Bertz CT molecular complexity index is 1190. The number of carboxylic acid groups (broad SMARTS) is 1. The van der Waals surface area contributed by atoms with Crippen molar-refractivity contribution in [2.45, 2.75) is 25.8 Å². The normalized spacial score (nSPS) is 12.0. The van der Waals surface area contributed by atoms with Crippen molar-refractivity contribution >= 4 is 46.0 Å². The van der Waals surface area contributed by atoms with Gasteiger partial charge in [0.2, 0.25) is 5.91 Å². The van der Waals surface area contributed by atoms with Crippen LogP contribution in [0.5, 0.6) is 5.75 Å². The number of carbonyl (C=O) groups excluding carboxylic acids is 2. The molecule has 2 N–H and O–H groups in total. The molecule has 2 aromatic carbocycles. The van der Waals surface area contributed by atoms with Gasteiger partial charge in [-0.15, -0.1) is 0 Å². The number of rotatable bonds is 6. The average molecular weight is 449 g/mol. The first-order valence-electron chi connectivity index (χ1n) is 8.85. The molecule has 0 radical (unpaired) electrons. The van der Waals surface area contributed by atoms with E-state index >= 15 is 0 Å². The van der Waals surface area contributed by atoms with Gasteiger partial charge in [-0.05, 0) is 42.7 Å². The van der Waals surface area contributed by atoms with Crippen LogP contribution in [0.1, 0.15) is 16.7 Å². The molecule has 156 valence electrons. The minimum absolute atomic E-state index is 0.00850. The summed E-state index contributed by atoms with van der Waals surface area (Å²) < 4.78 is 5.17. The third-order valence-electron chi connectivity index (χ3n) is 4.66. The number of halogens is 2. The van der Waals surface area contributed by atoms with Gasteiger partial charge in [0.25, 0.3) is 0 Å². The smallest absolute Gasteiger partial charge is 0.340 e. The van der Waals surface area contributed by atoms with Gasteiger partial charge in [-0.2, -0.15) is 0 Å². The monoisotopic (exact) mass is 448 g/mol. The number of amides is 1. The minimum atomic E-state index is -1.46. The number of phenolic OH excluding ortho intramolecular Hbond substituents is 1. The second kappa shape index (κ2) is 8.77. The highest BCUT2D eigenvalue weighted by Gasteiger charge is 2.19. The summed E-state index contributed by atoms with van der Waals surface area (Å²) in [5, 5.41) is 24.5. The molecule has 0 spiro atoms. The van der Waals surface area contributed by atoms with E-state index < -0.39 is 30.0 Å². The van der Waals surface area contributed by atoms with E-state index in [9.17, 15) is 24.6 Å². The number of carbonyl (C=O) groups is 2. The topological polar surface area (TPSA) is 120 Å². The van der Waals surface area contributed by atoms with Gasteiger partial charge < -0.3 is 24.7 Å². The Kier molecular flexibility index (Phi) is 6.34. The maximum absolute atomic E-state index is 12.5. The Balaban J connectivity index is 1.82. The van der Waals surface area contributed by atoms with Gasteiger partial charge >= 0.3 is 5.63 Å². The maximum atomic E-state index is 12.5. The van der Waals surface area contributed by atoms with Crippen LogP contribution in [0.3, 0.4) is 0 Å². The Morgan fingerprint density at radius 3 is 2.50 bits per heavy atom. The predicted octanol–water partition coefficient (Wildman–Crippen LogP) is 2.13. The second-order valence-electron chi connectivity index (χ2n) is 6.74. The summed E-state index contributed by atoms with van der Waals surface area (Å²) in [7, 11) is 0.